The first-order chi connectivity index (χ1) is 10.2. The first-order valence-electron chi connectivity index (χ1n) is 6.49. The molecule has 0 radical (unpaired) electrons. The molecule has 0 saturated carbocycles. The van der Waals surface area contributed by atoms with Gasteiger partial charge < -0.3 is 4.74 Å². The molecule has 0 N–H and O–H groups in total. The van der Waals surface area contributed by atoms with E-state index >= 15 is 0 Å². The molecule has 0 spiro atoms. The molecule has 106 valence electrons. The van der Waals surface area contributed by atoms with Crippen molar-refractivity contribution in [3.05, 3.63) is 41.8 Å². The lowest BCUT2D eigenvalue weighted by atomic mass is 10.2. The summed E-state index contributed by atoms with van der Waals surface area (Å²) in [6, 6.07) is 13.8. The van der Waals surface area contributed by atoms with Gasteiger partial charge in [-0.05, 0) is 18.6 Å². The maximum absolute atomic E-state index is 11.5. The number of nitriles is 1. The molecule has 1 heterocycles. The summed E-state index contributed by atoms with van der Waals surface area (Å²) in [5, 5.41) is 10.8. The van der Waals surface area contributed by atoms with Crippen LogP contribution in [0.15, 0.2) is 46.8 Å². The van der Waals surface area contributed by atoms with Crippen molar-refractivity contribution in [2.24, 2.45) is 10.9 Å². The van der Waals surface area contributed by atoms with Gasteiger partial charge in [0.15, 0.2) is 5.92 Å². The van der Waals surface area contributed by atoms with E-state index in [0.29, 0.717) is 0 Å². The van der Waals surface area contributed by atoms with Gasteiger partial charge in [0.25, 0.3) is 0 Å². The topological polar surface area (TPSA) is 62.5 Å². The van der Waals surface area contributed by atoms with E-state index in [0.717, 1.165) is 16.1 Å². The van der Waals surface area contributed by atoms with E-state index in [1.807, 2.05) is 47.8 Å². The molecule has 2 aromatic rings. The fraction of sp³-hybridized carbons (Fsp3) is 0.188. The molecule has 4 nitrogen and oxygen atoms in total. The monoisotopic (exact) mass is 298 g/mol. The maximum Gasteiger partial charge on any atom is 0.328 e. The Kier molecular flexibility index (Phi) is 5.24. The summed E-state index contributed by atoms with van der Waals surface area (Å²) >= 11 is 1.57. The Morgan fingerprint density at radius 1 is 1.48 bits per heavy atom. The van der Waals surface area contributed by atoms with E-state index in [1.54, 1.807) is 18.3 Å². The van der Waals surface area contributed by atoms with Crippen LogP contribution in [-0.2, 0) is 9.53 Å². The van der Waals surface area contributed by atoms with E-state index in [-0.39, 0.29) is 6.61 Å². The van der Waals surface area contributed by atoms with Crippen molar-refractivity contribution < 1.29 is 9.53 Å². The van der Waals surface area contributed by atoms with Gasteiger partial charge in [-0.15, -0.1) is 11.3 Å². The summed E-state index contributed by atoms with van der Waals surface area (Å²) in [4.78, 5) is 16.8. The number of hydrogen-bond donors (Lipinski definition) is 0. The first-order valence-corrected chi connectivity index (χ1v) is 7.37. The molecule has 0 aliphatic heterocycles. The molecule has 1 unspecified atom stereocenters. The number of carbonyl (C=O) groups excluding carboxylic acids is 1. The molecular formula is C16H14N2O2S. The van der Waals surface area contributed by atoms with Gasteiger partial charge >= 0.3 is 5.97 Å². The number of thiophene rings is 1. The molecule has 5 heteroatoms. The minimum Gasteiger partial charge on any atom is -0.465 e. The van der Waals surface area contributed by atoms with Crippen LogP contribution in [-0.4, -0.2) is 18.8 Å². The van der Waals surface area contributed by atoms with Crippen LogP contribution in [0.3, 0.4) is 0 Å². The van der Waals surface area contributed by atoms with Gasteiger partial charge in [0.1, 0.15) is 0 Å². The number of carbonyl (C=O) groups is 1. The highest BCUT2D eigenvalue weighted by molar-refractivity contribution is 7.14. The fourth-order valence-corrected chi connectivity index (χ4v) is 2.52. The van der Waals surface area contributed by atoms with Crippen LogP contribution >= 0.6 is 11.3 Å². The lowest BCUT2D eigenvalue weighted by molar-refractivity contribution is -0.143. The van der Waals surface area contributed by atoms with E-state index < -0.39 is 11.9 Å². The zero-order valence-electron chi connectivity index (χ0n) is 11.5. The standard InChI is InChI=1S/C16H14N2O2S/c1-2-20-16(19)13(9-17)10-18-14-8-15(21-11-14)12-6-4-3-5-7-12/h3-8,10-11,13H,2H2,1H3. The van der Waals surface area contributed by atoms with Gasteiger partial charge in [0.2, 0.25) is 0 Å². The quantitative estimate of drug-likeness (QED) is 0.622. The molecular weight excluding hydrogens is 284 g/mol. The van der Waals surface area contributed by atoms with Crippen LogP contribution in [0.4, 0.5) is 5.69 Å². The molecule has 0 fully saturated rings. The van der Waals surface area contributed by atoms with Crippen LogP contribution in [0.1, 0.15) is 6.92 Å². The van der Waals surface area contributed by atoms with Crippen LogP contribution in [0.5, 0.6) is 0 Å². The third-order valence-corrected chi connectivity index (χ3v) is 3.66. The average molecular weight is 298 g/mol. The number of aliphatic imine (C=N–C) groups is 1. The number of hydrogen-bond acceptors (Lipinski definition) is 5. The van der Waals surface area contributed by atoms with E-state index in [9.17, 15) is 4.79 Å². The molecule has 0 aliphatic carbocycles. The highest BCUT2D eigenvalue weighted by Crippen LogP contribution is 2.30. The number of nitrogens with zero attached hydrogens (tertiary/aromatic N) is 2. The number of benzene rings is 1. The van der Waals surface area contributed by atoms with Crippen molar-refractivity contribution in [3.8, 4) is 16.5 Å². The van der Waals surface area contributed by atoms with Crippen molar-refractivity contribution in [2.75, 3.05) is 6.61 Å². The number of esters is 1. The maximum atomic E-state index is 11.5. The Morgan fingerprint density at radius 3 is 2.90 bits per heavy atom. The first kappa shape index (κ1) is 14.9. The van der Waals surface area contributed by atoms with Gasteiger partial charge in [0, 0.05) is 16.5 Å². The van der Waals surface area contributed by atoms with E-state index in [1.165, 1.54) is 6.21 Å². The number of rotatable bonds is 5. The molecule has 2 rings (SSSR count). The van der Waals surface area contributed by atoms with Crippen molar-refractivity contribution in [3.63, 3.8) is 0 Å². The van der Waals surface area contributed by atoms with Crippen molar-refractivity contribution >= 4 is 29.2 Å². The third kappa shape index (κ3) is 4.01. The minimum absolute atomic E-state index is 0.251. The number of ether oxygens (including phenoxy) is 1. The van der Waals surface area contributed by atoms with Gasteiger partial charge in [-0.25, -0.2) is 0 Å². The van der Waals surface area contributed by atoms with Crippen molar-refractivity contribution in [2.45, 2.75) is 6.92 Å². The summed E-state index contributed by atoms with van der Waals surface area (Å²) in [5.74, 6) is -1.53. The minimum atomic E-state index is -0.968. The molecule has 0 saturated heterocycles. The molecule has 1 aromatic carbocycles. The van der Waals surface area contributed by atoms with E-state index in [4.69, 9.17) is 10.00 Å². The van der Waals surface area contributed by atoms with Gasteiger partial charge in [-0.3, -0.25) is 9.79 Å². The fourth-order valence-electron chi connectivity index (χ4n) is 1.69. The summed E-state index contributed by atoms with van der Waals surface area (Å²) in [6.07, 6.45) is 1.33. The Labute approximate surface area is 127 Å². The zero-order valence-corrected chi connectivity index (χ0v) is 12.3. The lowest BCUT2D eigenvalue weighted by Crippen LogP contribution is -2.17. The highest BCUT2D eigenvalue weighted by Gasteiger charge is 2.16. The second kappa shape index (κ2) is 7.36. The molecule has 0 amide bonds. The summed E-state index contributed by atoms with van der Waals surface area (Å²) in [6.45, 7) is 1.95. The highest BCUT2D eigenvalue weighted by atomic mass is 32.1. The Bertz CT molecular complexity index is 671. The normalized spacial score (nSPS) is 12.0. The van der Waals surface area contributed by atoms with Gasteiger partial charge in [-0.1, -0.05) is 30.3 Å². The van der Waals surface area contributed by atoms with Crippen molar-refractivity contribution in [1.82, 2.24) is 0 Å². The molecule has 0 aliphatic rings. The van der Waals surface area contributed by atoms with E-state index in [2.05, 4.69) is 4.99 Å². The van der Waals surface area contributed by atoms with Crippen LogP contribution in [0.2, 0.25) is 0 Å². The van der Waals surface area contributed by atoms with Crippen LogP contribution in [0, 0.1) is 17.2 Å². The van der Waals surface area contributed by atoms with Crippen LogP contribution < -0.4 is 0 Å². The Balaban J connectivity index is 2.10. The summed E-state index contributed by atoms with van der Waals surface area (Å²) in [5.41, 5.74) is 1.84. The molecule has 21 heavy (non-hydrogen) atoms. The molecule has 0 bridgehead atoms. The zero-order chi connectivity index (χ0) is 15.1. The Hall–Kier alpha value is -2.45. The lowest BCUT2D eigenvalue weighted by Gasteiger charge is -2.01. The third-order valence-electron chi connectivity index (χ3n) is 2.70. The average Bonchev–Trinajstić information content (AvgIpc) is 2.98. The van der Waals surface area contributed by atoms with Gasteiger partial charge in [0.05, 0.1) is 18.4 Å². The SMILES string of the molecule is CCOC(=O)C(C#N)C=Nc1csc(-c2ccccc2)c1. The van der Waals surface area contributed by atoms with Crippen molar-refractivity contribution in [1.29, 1.82) is 5.26 Å². The predicted octanol–water partition coefficient (Wildman–Crippen LogP) is 3.82. The van der Waals surface area contributed by atoms with Crippen LogP contribution in [0.25, 0.3) is 10.4 Å². The Morgan fingerprint density at radius 2 is 2.24 bits per heavy atom. The second-order valence-electron chi connectivity index (χ2n) is 4.17. The molecule has 1 atom stereocenters. The largest absolute Gasteiger partial charge is 0.465 e. The smallest absolute Gasteiger partial charge is 0.328 e. The molecule has 1 aromatic heterocycles. The van der Waals surface area contributed by atoms with Gasteiger partial charge in [-0.2, -0.15) is 5.26 Å². The summed E-state index contributed by atoms with van der Waals surface area (Å²) < 4.78 is 4.81. The predicted molar refractivity (Wildman–Crippen MR) is 83.6 cm³/mol. The summed E-state index contributed by atoms with van der Waals surface area (Å²) in [7, 11) is 0. The second-order valence-corrected chi connectivity index (χ2v) is 5.08.